The molecular formula is C20H30N4O3S. The van der Waals surface area contributed by atoms with Crippen LogP contribution in [0.2, 0.25) is 0 Å². The highest BCUT2D eigenvalue weighted by Gasteiger charge is 2.27. The van der Waals surface area contributed by atoms with Crippen LogP contribution in [0.25, 0.3) is 0 Å². The minimum Gasteiger partial charge on any atom is -0.494 e. The van der Waals surface area contributed by atoms with Crippen LogP contribution in [0.1, 0.15) is 18.7 Å². The van der Waals surface area contributed by atoms with Gasteiger partial charge in [0.1, 0.15) is 5.75 Å². The van der Waals surface area contributed by atoms with Gasteiger partial charge in [0.05, 0.1) is 17.5 Å². The Labute approximate surface area is 167 Å². The zero-order valence-corrected chi connectivity index (χ0v) is 17.7. The van der Waals surface area contributed by atoms with Crippen LogP contribution in [0.5, 0.6) is 5.75 Å². The van der Waals surface area contributed by atoms with E-state index < -0.39 is 10.0 Å². The van der Waals surface area contributed by atoms with Crippen LogP contribution in [0.15, 0.2) is 47.5 Å². The van der Waals surface area contributed by atoms with Gasteiger partial charge in [-0.1, -0.05) is 0 Å². The zero-order chi connectivity index (χ0) is 20.1. The van der Waals surface area contributed by atoms with E-state index in [-0.39, 0.29) is 10.9 Å². The largest absolute Gasteiger partial charge is 0.494 e. The second kappa shape index (κ2) is 9.09. The third kappa shape index (κ3) is 4.94. The molecule has 3 rings (SSSR count). The summed E-state index contributed by atoms with van der Waals surface area (Å²) < 4.78 is 35.9. The van der Waals surface area contributed by atoms with E-state index in [1.807, 2.05) is 26.2 Å². The molecule has 1 atom stereocenters. The standard InChI is InChI=1S/C20H30N4O3S/c1-4-27-17-7-9-18(10-8-17)28(25,26)21-16-20(19-6-5-11-23(19)3)24-14-12-22(2)13-15-24/h5-11,20-21H,4,12-16H2,1-3H3. The lowest BCUT2D eigenvalue weighted by Gasteiger charge is -2.38. The van der Waals surface area contributed by atoms with Crippen LogP contribution < -0.4 is 9.46 Å². The predicted molar refractivity (Wildman–Crippen MR) is 110 cm³/mol. The van der Waals surface area contributed by atoms with E-state index in [4.69, 9.17) is 4.74 Å². The fourth-order valence-electron chi connectivity index (χ4n) is 3.53. The number of aromatic nitrogens is 1. The number of benzene rings is 1. The summed E-state index contributed by atoms with van der Waals surface area (Å²) in [5.41, 5.74) is 1.11. The number of piperazine rings is 1. The average molecular weight is 407 g/mol. The van der Waals surface area contributed by atoms with Gasteiger partial charge in [0.25, 0.3) is 0 Å². The minimum absolute atomic E-state index is 0.00817. The van der Waals surface area contributed by atoms with Gasteiger partial charge >= 0.3 is 0 Å². The highest BCUT2D eigenvalue weighted by Crippen LogP contribution is 2.23. The van der Waals surface area contributed by atoms with Crippen molar-refractivity contribution in [1.29, 1.82) is 0 Å². The number of nitrogens with one attached hydrogen (secondary N) is 1. The van der Waals surface area contributed by atoms with Gasteiger partial charge in [-0.25, -0.2) is 13.1 Å². The first-order valence-electron chi connectivity index (χ1n) is 9.67. The van der Waals surface area contributed by atoms with Crippen molar-refractivity contribution in [3.05, 3.63) is 48.3 Å². The molecule has 0 aliphatic carbocycles. The molecule has 28 heavy (non-hydrogen) atoms. The molecular weight excluding hydrogens is 376 g/mol. The predicted octanol–water partition coefficient (Wildman–Crippen LogP) is 1.69. The van der Waals surface area contributed by atoms with Crippen molar-refractivity contribution in [3.63, 3.8) is 0 Å². The molecule has 1 aromatic heterocycles. The summed E-state index contributed by atoms with van der Waals surface area (Å²) in [7, 11) is 0.522. The molecule has 0 radical (unpaired) electrons. The van der Waals surface area contributed by atoms with Gasteiger partial charge in [-0.15, -0.1) is 0 Å². The van der Waals surface area contributed by atoms with Crippen molar-refractivity contribution >= 4 is 10.0 Å². The van der Waals surface area contributed by atoms with E-state index in [2.05, 4.69) is 32.2 Å². The fourth-order valence-corrected chi connectivity index (χ4v) is 4.57. The van der Waals surface area contributed by atoms with Gasteiger partial charge in [0.15, 0.2) is 0 Å². The zero-order valence-electron chi connectivity index (χ0n) is 16.8. The van der Waals surface area contributed by atoms with Gasteiger partial charge in [-0.05, 0) is 50.4 Å². The summed E-state index contributed by atoms with van der Waals surface area (Å²) in [6, 6.07) is 10.6. The van der Waals surface area contributed by atoms with Gasteiger partial charge < -0.3 is 14.2 Å². The SMILES string of the molecule is CCOc1ccc(S(=O)(=O)NCC(c2cccn2C)N2CCN(C)CC2)cc1. The van der Waals surface area contributed by atoms with Crippen LogP contribution >= 0.6 is 0 Å². The molecule has 1 unspecified atom stereocenters. The lowest BCUT2D eigenvalue weighted by Crippen LogP contribution is -2.48. The average Bonchev–Trinajstić information content (AvgIpc) is 3.10. The Hall–Kier alpha value is -1.87. The minimum atomic E-state index is -3.59. The lowest BCUT2D eigenvalue weighted by atomic mass is 10.1. The van der Waals surface area contributed by atoms with E-state index in [9.17, 15) is 8.42 Å². The van der Waals surface area contributed by atoms with Gasteiger partial charge in [-0.3, -0.25) is 4.90 Å². The van der Waals surface area contributed by atoms with Crippen molar-refractivity contribution in [1.82, 2.24) is 19.1 Å². The number of rotatable bonds is 8. The van der Waals surface area contributed by atoms with Gasteiger partial charge in [-0.2, -0.15) is 0 Å². The lowest BCUT2D eigenvalue weighted by molar-refractivity contribution is 0.109. The summed E-state index contributed by atoms with van der Waals surface area (Å²) in [6.07, 6.45) is 2.00. The Morgan fingerprint density at radius 1 is 1.07 bits per heavy atom. The van der Waals surface area contributed by atoms with E-state index in [1.54, 1.807) is 24.3 Å². The molecule has 2 heterocycles. The van der Waals surface area contributed by atoms with Gasteiger partial charge in [0, 0.05) is 51.7 Å². The molecule has 0 amide bonds. The number of sulfonamides is 1. The molecule has 1 aliphatic rings. The van der Waals surface area contributed by atoms with Crippen molar-refractivity contribution in [3.8, 4) is 5.75 Å². The molecule has 8 heteroatoms. The van der Waals surface area contributed by atoms with Crippen molar-refractivity contribution in [2.24, 2.45) is 7.05 Å². The molecule has 0 bridgehead atoms. The Morgan fingerprint density at radius 3 is 2.32 bits per heavy atom. The summed E-state index contributed by atoms with van der Waals surface area (Å²) in [5.74, 6) is 0.667. The van der Waals surface area contributed by atoms with Crippen LogP contribution in [0, 0.1) is 0 Å². The highest BCUT2D eigenvalue weighted by atomic mass is 32.2. The van der Waals surface area contributed by atoms with E-state index in [0.29, 0.717) is 18.9 Å². The number of ether oxygens (including phenoxy) is 1. The topological polar surface area (TPSA) is 66.8 Å². The second-order valence-corrected chi connectivity index (χ2v) is 8.92. The van der Waals surface area contributed by atoms with Crippen molar-refractivity contribution < 1.29 is 13.2 Å². The third-order valence-corrected chi connectivity index (χ3v) is 6.66. The first-order chi connectivity index (χ1) is 13.4. The maximum absolute atomic E-state index is 12.8. The highest BCUT2D eigenvalue weighted by molar-refractivity contribution is 7.89. The molecule has 1 saturated heterocycles. The number of hydrogen-bond donors (Lipinski definition) is 1. The normalized spacial score (nSPS) is 17.5. The summed E-state index contributed by atoms with van der Waals surface area (Å²) >= 11 is 0. The third-order valence-electron chi connectivity index (χ3n) is 5.22. The number of nitrogens with zero attached hydrogens (tertiary/aromatic N) is 3. The fraction of sp³-hybridized carbons (Fsp3) is 0.500. The first-order valence-corrected chi connectivity index (χ1v) is 11.2. The first kappa shape index (κ1) is 20.9. The van der Waals surface area contributed by atoms with Crippen molar-refractivity contribution in [2.45, 2.75) is 17.9 Å². The molecule has 154 valence electrons. The quantitative estimate of drug-likeness (QED) is 0.723. The van der Waals surface area contributed by atoms with Crippen LogP contribution in [0.4, 0.5) is 0 Å². The monoisotopic (exact) mass is 406 g/mol. The molecule has 0 spiro atoms. The van der Waals surface area contributed by atoms with Crippen molar-refractivity contribution in [2.75, 3.05) is 46.4 Å². The maximum atomic E-state index is 12.8. The van der Waals surface area contributed by atoms with Crippen LogP contribution in [0.3, 0.4) is 0 Å². The Morgan fingerprint density at radius 2 is 1.75 bits per heavy atom. The Bertz CT molecular complexity index is 856. The number of likely N-dealkylation sites (N-methyl/N-ethyl adjacent to an activating group) is 1. The smallest absolute Gasteiger partial charge is 0.240 e. The Balaban J connectivity index is 1.74. The molecule has 1 aliphatic heterocycles. The Kier molecular flexibility index (Phi) is 6.77. The second-order valence-electron chi connectivity index (χ2n) is 7.16. The van der Waals surface area contributed by atoms with Gasteiger partial charge in [0.2, 0.25) is 10.0 Å². The summed E-state index contributed by atoms with van der Waals surface area (Å²) in [4.78, 5) is 4.90. The summed E-state index contributed by atoms with van der Waals surface area (Å²) in [6.45, 7) is 6.56. The molecule has 1 aromatic carbocycles. The number of hydrogen-bond acceptors (Lipinski definition) is 5. The van der Waals surface area contributed by atoms with E-state index in [0.717, 1.165) is 31.9 Å². The molecule has 1 N–H and O–H groups in total. The molecule has 1 fully saturated rings. The van der Waals surface area contributed by atoms with Crippen LogP contribution in [-0.2, 0) is 17.1 Å². The van der Waals surface area contributed by atoms with E-state index >= 15 is 0 Å². The molecule has 7 nitrogen and oxygen atoms in total. The maximum Gasteiger partial charge on any atom is 0.240 e. The van der Waals surface area contributed by atoms with E-state index in [1.165, 1.54) is 0 Å². The molecule has 2 aromatic rings. The van der Waals surface area contributed by atoms with Crippen LogP contribution in [-0.4, -0.2) is 69.2 Å². The number of aryl methyl sites for hydroxylation is 1. The summed E-state index contributed by atoms with van der Waals surface area (Å²) in [5, 5.41) is 0. The molecule has 0 saturated carbocycles.